The Balaban J connectivity index is 1.86. The van der Waals surface area contributed by atoms with Crippen LogP contribution >= 0.6 is 27.5 Å². The third-order valence-electron chi connectivity index (χ3n) is 4.47. The van der Waals surface area contributed by atoms with Gasteiger partial charge >= 0.3 is 0 Å². The molecule has 21 heavy (non-hydrogen) atoms. The van der Waals surface area contributed by atoms with Gasteiger partial charge in [0.1, 0.15) is 11.6 Å². The number of aromatic nitrogens is 2. The molecule has 0 aliphatic heterocycles. The molecule has 3 rings (SSSR count). The first-order chi connectivity index (χ1) is 10.2. The zero-order valence-electron chi connectivity index (χ0n) is 11.9. The molecule has 1 aliphatic rings. The minimum atomic E-state index is -0.277. The maximum absolute atomic E-state index is 13.6. The van der Waals surface area contributed by atoms with E-state index in [1.165, 1.54) is 38.2 Å². The van der Waals surface area contributed by atoms with E-state index < -0.39 is 0 Å². The molecule has 5 heteroatoms. The molecule has 1 aliphatic carbocycles. The summed E-state index contributed by atoms with van der Waals surface area (Å²) < 4.78 is 16.3. The van der Waals surface area contributed by atoms with Crippen molar-refractivity contribution in [3.8, 4) is 0 Å². The largest absolute Gasteiger partial charge is 0.327 e. The van der Waals surface area contributed by atoms with Gasteiger partial charge in [0, 0.05) is 12.6 Å². The molecule has 0 unspecified atom stereocenters. The zero-order chi connectivity index (χ0) is 14.8. The zero-order valence-corrected chi connectivity index (χ0v) is 14.3. The van der Waals surface area contributed by atoms with Crippen molar-refractivity contribution in [2.75, 3.05) is 0 Å². The van der Waals surface area contributed by atoms with E-state index in [-0.39, 0.29) is 5.82 Å². The van der Waals surface area contributed by atoms with Gasteiger partial charge in [0.15, 0.2) is 0 Å². The van der Waals surface area contributed by atoms with Crippen LogP contribution in [-0.4, -0.2) is 9.55 Å². The Kier molecular flexibility index (Phi) is 4.85. The molecular weight excluding hydrogens is 355 g/mol. The Bertz CT molecular complexity index is 635. The lowest BCUT2D eigenvalue weighted by Gasteiger charge is -2.22. The highest BCUT2D eigenvalue weighted by Gasteiger charge is 2.17. The number of halogens is 3. The van der Waals surface area contributed by atoms with E-state index in [0.29, 0.717) is 15.9 Å². The van der Waals surface area contributed by atoms with Crippen molar-refractivity contribution < 1.29 is 4.39 Å². The molecule has 0 atom stereocenters. The number of hydrogen-bond acceptors (Lipinski definition) is 1. The summed E-state index contributed by atoms with van der Waals surface area (Å²) in [5.74, 6) is 1.72. The van der Waals surface area contributed by atoms with Crippen LogP contribution in [0.3, 0.4) is 0 Å². The highest BCUT2D eigenvalue weighted by atomic mass is 79.9. The fourth-order valence-electron chi connectivity index (χ4n) is 3.31. The van der Waals surface area contributed by atoms with Crippen LogP contribution in [0.1, 0.15) is 44.3 Å². The predicted molar refractivity (Wildman–Crippen MR) is 88.1 cm³/mol. The number of rotatable bonds is 4. The normalized spacial score (nSPS) is 16.7. The molecule has 1 heterocycles. The Labute approximate surface area is 137 Å². The lowest BCUT2D eigenvalue weighted by atomic mass is 9.87. The molecule has 2 aromatic rings. The summed E-state index contributed by atoms with van der Waals surface area (Å²) in [6.07, 6.45) is 7.92. The quantitative estimate of drug-likeness (QED) is 0.633. The van der Waals surface area contributed by atoms with E-state index in [1.54, 1.807) is 0 Å². The molecule has 2 nitrogen and oxygen atoms in total. The van der Waals surface area contributed by atoms with Gasteiger partial charge in [0.2, 0.25) is 0 Å². The van der Waals surface area contributed by atoms with Gasteiger partial charge in [-0.25, -0.2) is 9.37 Å². The Morgan fingerprint density at radius 1 is 1.29 bits per heavy atom. The van der Waals surface area contributed by atoms with E-state index in [4.69, 9.17) is 11.6 Å². The first-order valence-electron chi connectivity index (χ1n) is 7.59. The molecule has 1 fully saturated rings. The maximum Gasteiger partial charge on any atom is 0.139 e. The number of nitrogens with zero attached hydrogens (tertiary/aromatic N) is 2. The molecule has 1 aromatic heterocycles. The number of aryl methyl sites for hydroxylation is 1. The highest BCUT2D eigenvalue weighted by molar-refractivity contribution is 9.10. The average Bonchev–Trinajstić information content (AvgIpc) is 2.83. The Morgan fingerprint density at radius 3 is 2.76 bits per heavy atom. The fraction of sp³-hybridized carbons (Fsp3) is 0.562. The molecule has 0 saturated heterocycles. The van der Waals surface area contributed by atoms with Gasteiger partial charge < -0.3 is 4.57 Å². The second kappa shape index (κ2) is 6.66. The predicted octanol–water partition coefficient (Wildman–Crippen LogP) is 5.65. The lowest BCUT2D eigenvalue weighted by Crippen LogP contribution is -2.11. The Morgan fingerprint density at radius 2 is 2.05 bits per heavy atom. The minimum absolute atomic E-state index is 0.277. The van der Waals surface area contributed by atoms with Crippen LogP contribution in [0.5, 0.6) is 0 Å². The number of hydrogen-bond donors (Lipinski definition) is 0. The van der Waals surface area contributed by atoms with Gasteiger partial charge in [-0.1, -0.05) is 32.1 Å². The molecule has 0 radical (unpaired) electrons. The molecule has 0 bridgehead atoms. The van der Waals surface area contributed by atoms with Gasteiger partial charge in [-0.2, -0.15) is 0 Å². The first kappa shape index (κ1) is 15.3. The van der Waals surface area contributed by atoms with Crippen molar-refractivity contribution in [3.63, 3.8) is 0 Å². The van der Waals surface area contributed by atoms with Crippen molar-refractivity contribution >= 4 is 38.6 Å². The van der Waals surface area contributed by atoms with Gasteiger partial charge in [-0.05, 0) is 34.3 Å². The van der Waals surface area contributed by atoms with Crippen LogP contribution in [-0.2, 0) is 12.4 Å². The molecule has 0 spiro atoms. The monoisotopic (exact) mass is 372 g/mol. The van der Waals surface area contributed by atoms with Gasteiger partial charge in [-0.15, -0.1) is 11.6 Å². The third-order valence-corrected chi connectivity index (χ3v) is 5.32. The van der Waals surface area contributed by atoms with Crippen molar-refractivity contribution in [1.82, 2.24) is 9.55 Å². The smallest absolute Gasteiger partial charge is 0.139 e. The number of benzene rings is 1. The fourth-order valence-corrected chi connectivity index (χ4v) is 3.84. The molecule has 0 amide bonds. The summed E-state index contributed by atoms with van der Waals surface area (Å²) in [4.78, 5) is 4.47. The topological polar surface area (TPSA) is 17.8 Å². The van der Waals surface area contributed by atoms with Crippen molar-refractivity contribution in [2.24, 2.45) is 5.92 Å². The van der Waals surface area contributed by atoms with E-state index in [2.05, 4.69) is 25.5 Å². The van der Waals surface area contributed by atoms with Crippen LogP contribution in [0.15, 0.2) is 16.6 Å². The molecule has 1 aromatic carbocycles. The SMILES string of the molecule is Fc1cc2nc(CCl)n(CCC3CCCCC3)c2cc1Br. The lowest BCUT2D eigenvalue weighted by molar-refractivity contribution is 0.324. The standard InChI is InChI=1S/C16H19BrClFN2/c17-12-8-15-14(9-13(12)19)20-16(10-18)21(15)7-6-11-4-2-1-3-5-11/h8-9,11H,1-7,10H2. The van der Waals surface area contributed by atoms with Crippen molar-refractivity contribution in [1.29, 1.82) is 0 Å². The summed E-state index contributed by atoms with van der Waals surface area (Å²) in [5.41, 5.74) is 1.66. The molecular formula is C16H19BrClFN2. The summed E-state index contributed by atoms with van der Waals surface area (Å²) >= 11 is 9.28. The van der Waals surface area contributed by atoms with Crippen LogP contribution in [0.4, 0.5) is 4.39 Å². The summed E-state index contributed by atoms with van der Waals surface area (Å²) in [6, 6.07) is 3.29. The van der Waals surface area contributed by atoms with E-state index in [9.17, 15) is 4.39 Å². The second-order valence-corrected chi connectivity index (χ2v) is 6.98. The summed E-state index contributed by atoms with van der Waals surface area (Å²) in [5, 5.41) is 0. The number of imidazole rings is 1. The van der Waals surface area contributed by atoms with E-state index >= 15 is 0 Å². The molecule has 114 valence electrons. The van der Waals surface area contributed by atoms with E-state index in [0.717, 1.165) is 30.2 Å². The van der Waals surface area contributed by atoms with E-state index in [1.807, 2.05) is 6.07 Å². The third kappa shape index (κ3) is 3.26. The second-order valence-electron chi connectivity index (χ2n) is 5.86. The molecule has 1 saturated carbocycles. The highest BCUT2D eigenvalue weighted by Crippen LogP contribution is 2.29. The average molecular weight is 374 g/mol. The van der Waals surface area contributed by atoms with Crippen LogP contribution < -0.4 is 0 Å². The molecule has 0 N–H and O–H groups in total. The maximum atomic E-state index is 13.6. The van der Waals surface area contributed by atoms with Crippen LogP contribution in [0, 0.1) is 11.7 Å². The minimum Gasteiger partial charge on any atom is -0.327 e. The summed E-state index contributed by atoms with van der Waals surface area (Å²) in [7, 11) is 0. The van der Waals surface area contributed by atoms with Gasteiger partial charge in [0.25, 0.3) is 0 Å². The summed E-state index contributed by atoms with van der Waals surface area (Å²) in [6.45, 7) is 0.918. The first-order valence-corrected chi connectivity index (χ1v) is 8.92. The van der Waals surface area contributed by atoms with Gasteiger partial charge in [-0.3, -0.25) is 0 Å². The van der Waals surface area contributed by atoms with Gasteiger partial charge in [0.05, 0.1) is 21.4 Å². The van der Waals surface area contributed by atoms with Crippen LogP contribution in [0.25, 0.3) is 11.0 Å². The Hall–Kier alpha value is -0.610. The van der Waals surface area contributed by atoms with Crippen LogP contribution in [0.2, 0.25) is 0 Å². The number of alkyl halides is 1. The number of fused-ring (bicyclic) bond motifs is 1. The van der Waals surface area contributed by atoms with Crippen molar-refractivity contribution in [3.05, 3.63) is 28.2 Å². The van der Waals surface area contributed by atoms with Crippen molar-refractivity contribution in [2.45, 2.75) is 50.9 Å².